The van der Waals surface area contributed by atoms with Gasteiger partial charge in [-0.1, -0.05) is 18.2 Å². The molecule has 0 bridgehead atoms. The van der Waals surface area contributed by atoms with Gasteiger partial charge in [0.2, 0.25) is 0 Å². The maximum Gasteiger partial charge on any atom is 0.258 e. The van der Waals surface area contributed by atoms with E-state index in [0.717, 1.165) is 11.4 Å². The number of anilines is 2. The summed E-state index contributed by atoms with van der Waals surface area (Å²) in [6.45, 7) is 3.78. The van der Waals surface area contributed by atoms with Gasteiger partial charge >= 0.3 is 0 Å². The molecular weight excluding hydrogens is 435 g/mol. The lowest BCUT2D eigenvalue weighted by Crippen LogP contribution is -2.23. The summed E-state index contributed by atoms with van der Waals surface area (Å²) < 4.78 is 32.3. The van der Waals surface area contributed by atoms with E-state index in [1.807, 2.05) is 106 Å². The number of benzene rings is 3. The van der Waals surface area contributed by atoms with Crippen molar-refractivity contribution in [3.8, 4) is 11.5 Å². The summed E-state index contributed by atoms with van der Waals surface area (Å²) in [5, 5.41) is 4.09. The van der Waals surface area contributed by atoms with Gasteiger partial charge in [-0.05, 0) is 68.4 Å². The molecule has 33 heavy (non-hydrogen) atoms. The van der Waals surface area contributed by atoms with E-state index in [2.05, 4.69) is 5.32 Å². The highest BCUT2D eigenvalue weighted by Crippen LogP contribution is 2.61. The summed E-state index contributed by atoms with van der Waals surface area (Å²) in [6.07, 6.45) is -0.263. The van der Waals surface area contributed by atoms with Crippen molar-refractivity contribution in [2.75, 3.05) is 38.5 Å². The average Bonchev–Trinajstić information content (AvgIpc) is 2.82. The fourth-order valence-electron chi connectivity index (χ4n) is 3.63. The molecule has 0 heterocycles. The summed E-state index contributed by atoms with van der Waals surface area (Å²) in [6, 6.07) is 22.8. The summed E-state index contributed by atoms with van der Waals surface area (Å²) in [7, 11) is 3.64. The van der Waals surface area contributed by atoms with Crippen molar-refractivity contribution in [3.63, 3.8) is 0 Å². The zero-order chi connectivity index (χ0) is 24.0. The average molecular weight is 469 g/mol. The Labute approximate surface area is 196 Å². The van der Waals surface area contributed by atoms with E-state index >= 15 is 0 Å². The highest BCUT2D eigenvalue weighted by molar-refractivity contribution is 7.67. The van der Waals surface area contributed by atoms with Gasteiger partial charge in [-0.2, -0.15) is 0 Å². The Bertz CT molecular complexity index is 1090. The van der Waals surface area contributed by atoms with Crippen LogP contribution in [-0.4, -0.2) is 34.4 Å². The van der Waals surface area contributed by atoms with Crippen LogP contribution < -0.4 is 25.0 Å². The standard InChI is InChI=1S/C26H33N2O4P/c1-19(2)32-33(29,23-15-12-21(13-16-23)28(3)4)26(27-20-10-8-7-9-11-20)24-18-22(30-5)14-17-25(24)31-6/h7-19,26-27H,1-6H3/t26-,33+/m0/s1. The van der Waals surface area contributed by atoms with Gasteiger partial charge in [-0.3, -0.25) is 4.57 Å². The van der Waals surface area contributed by atoms with Crippen molar-refractivity contribution in [1.82, 2.24) is 0 Å². The van der Waals surface area contributed by atoms with Crippen molar-refractivity contribution in [2.24, 2.45) is 0 Å². The molecular formula is C26H33N2O4P. The normalized spacial score (nSPS) is 13.8. The Hall–Kier alpha value is -2.95. The zero-order valence-corrected chi connectivity index (χ0v) is 21.0. The topological polar surface area (TPSA) is 60.0 Å². The summed E-state index contributed by atoms with van der Waals surface area (Å²) in [4.78, 5) is 2.00. The van der Waals surface area contributed by atoms with Crippen LogP contribution in [0.15, 0.2) is 72.8 Å². The van der Waals surface area contributed by atoms with E-state index in [0.29, 0.717) is 22.4 Å². The quantitative estimate of drug-likeness (QED) is 0.373. The molecule has 1 N–H and O–H groups in total. The molecule has 3 aromatic carbocycles. The number of nitrogens with zero attached hydrogens (tertiary/aromatic N) is 1. The fourth-order valence-corrected chi connectivity index (χ4v) is 6.25. The summed E-state index contributed by atoms with van der Waals surface area (Å²) in [5.41, 5.74) is 2.53. The lowest BCUT2D eigenvalue weighted by molar-refractivity contribution is 0.245. The predicted molar refractivity (Wildman–Crippen MR) is 137 cm³/mol. The first-order valence-electron chi connectivity index (χ1n) is 10.9. The third kappa shape index (κ3) is 5.70. The van der Waals surface area contributed by atoms with Crippen molar-refractivity contribution in [3.05, 3.63) is 78.4 Å². The maximum atomic E-state index is 14.9. The smallest absolute Gasteiger partial charge is 0.258 e. The monoisotopic (exact) mass is 468 g/mol. The van der Waals surface area contributed by atoms with E-state index in [1.165, 1.54) is 0 Å². The molecule has 0 aliphatic carbocycles. The van der Waals surface area contributed by atoms with Crippen LogP contribution in [0.5, 0.6) is 11.5 Å². The highest BCUT2D eigenvalue weighted by Gasteiger charge is 2.40. The van der Waals surface area contributed by atoms with Gasteiger partial charge in [0.05, 0.1) is 20.3 Å². The van der Waals surface area contributed by atoms with Crippen LogP contribution in [0.1, 0.15) is 25.2 Å². The van der Waals surface area contributed by atoms with Crippen LogP contribution in [0.4, 0.5) is 11.4 Å². The molecule has 0 saturated carbocycles. The number of nitrogens with one attached hydrogen (secondary N) is 1. The van der Waals surface area contributed by atoms with Crippen LogP contribution >= 0.6 is 7.37 Å². The molecule has 3 rings (SSSR count). The zero-order valence-electron chi connectivity index (χ0n) is 20.1. The van der Waals surface area contributed by atoms with Gasteiger partial charge < -0.3 is 24.2 Å². The SMILES string of the molecule is COc1ccc(OC)c([C@@H](Nc2ccccc2)[P@](=O)(OC(C)C)c2ccc(N(C)C)cc2)c1. The Morgan fingerprint density at radius 2 is 1.55 bits per heavy atom. The van der Waals surface area contributed by atoms with E-state index < -0.39 is 13.2 Å². The second-order valence-corrected chi connectivity index (χ2v) is 10.6. The van der Waals surface area contributed by atoms with Gasteiger partial charge in [-0.25, -0.2) is 0 Å². The number of hydrogen-bond donors (Lipinski definition) is 1. The molecule has 0 spiro atoms. The Balaban J connectivity index is 2.23. The van der Waals surface area contributed by atoms with Crippen LogP contribution in [0.2, 0.25) is 0 Å². The first kappa shape index (κ1) is 24.7. The minimum Gasteiger partial charge on any atom is -0.497 e. The van der Waals surface area contributed by atoms with Gasteiger partial charge in [0.1, 0.15) is 17.3 Å². The fraction of sp³-hybridized carbons (Fsp3) is 0.308. The van der Waals surface area contributed by atoms with Crippen LogP contribution in [-0.2, 0) is 9.09 Å². The van der Waals surface area contributed by atoms with Crippen molar-refractivity contribution < 1.29 is 18.6 Å². The van der Waals surface area contributed by atoms with Crippen molar-refractivity contribution in [2.45, 2.75) is 25.7 Å². The van der Waals surface area contributed by atoms with Crippen molar-refractivity contribution in [1.29, 1.82) is 0 Å². The second-order valence-electron chi connectivity index (χ2n) is 8.18. The number of rotatable bonds is 10. The molecule has 3 aromatic rings. The van der Waals surface area contributed by atoms with Crippen LogP contribution in [0.25, 0.3) is 0 Å². The van der Waals surface area contributed by atoms with Crippen LogP contribution in [0.3, 0.4) is 0 Å². The van der Waals surface area contributed by atoms with E-state index in [1.54, 1.807) is 14.2 Å². The highest BCUT2D eigenvalue weighted by atomic mass is 31.2. The molecule has 0 saturated heterocycles. The molecule has 0 aromatic heterocycles. The van der Waals surface area contributed by atoms with Gasteiger partial charge in [0.15, 0.2) is 0 Å². The largest absolute Gasteiger partial charge is 0.497 e. The summed E-state index contributed by atoms with van der Waals surface area (Å²) >= 11 is 0. The van der Waals surface area contributed by atoms with Gasteiger partial charge in [0.25, 0.3) is 7.37 Å². The van der Waals surface area contributed by atoms with E-state index in [9.17, 15) is 4.57 Å². The van der Waals surface area contributed by atoms with Gasteiger partial charge in [-0.15, -0.1) is 0 Å². The molecule has 176 valence electrons. The predicted octanol–water partition coefficient (Wildman–Crippen LogP) is 5.91. The Kier molecular flexibility index (Phi) is 8.06. The summed E-state index contributed by atoms with van der Waals surface area (Å²) in [5.74, 6) is 0.531. The molecule has 0 aliphatic rings. The molecule has 0 unspecified atom stereocenters. The lowest BCUT2D eigenvalue weighted by atomic mass is 10.1. The second kappa shape index (κ2) is 10.8. The molecule has 0 fully saturated rings. The first-order chi connectivity index (χ1) is 15.8. The number of para-hydroxylation sites is 1. The molecule has 0 aliphatic heterocycles. The molecule has 0 radical (unpaired) electrons. The number of methoxy groups -OCH3 is 2. The minimum atomic E-state index is -3.51. The lowest BCUT2D eigenvalue weighted by Gasteiger charge is -2.32. The molecule has 6 nitrogen and oxygen atoms in total. The third-order valence-corrected chi connectivity index (χ3v) is 8.08. The number of hydrogen-bond acceptors (Lipinski definition) is 6. The molecule has 0 amide bonds. The Morgan fingerprint density at radius 3 is 2.09 bits per heavy atom. The number of ether oxygens (including phenoxy) is 2. The first-order valence-corrected chi connectivity index (χ1v) is 12.6. The maximum absolute atomic E-state index is 14.9. The molecule has 7 heteroatoms. The third-order valence-electron chi connectivity index (χ3n) is 5.24. The van der Waals surface area contributed by atoms with Gasteiger partial charge in [0, 0.05) is 36.3 Å². The Morgan fingerprint density at radius 1 is 0.879 bits per heavy atom. The minimum absolute atomic E-state index is 0.263. The van der Waals surface area contributed by atoms with Crippen LogP contribution in [0, 0.1) is 0 Å². The van der Waals surface area contributed by atoms with Crippen molar-refractivity contribution >= 4 is 24.0 Å². The molecule has 2 atom stereocenters. The van der Waals surface area contributed by atoms with E-state index in [4.69, 9.17) is 14.0 Å². The van der Waals surface area contributed by atoms with E-state index in [-0.39, 0.29) is 6.10 Å².